The van der Waals surface area contributed by atoms with Crippen LogP contribution < -0.4 is 19.5 Å². The molecular weight excluding hydrogens is 499 g/mol. The zero-order chi connectivity index (χ0) is 24.6. The Labute approximate surface area is 209 Å². The van der Waals surface area contributed by atoms with E-state index in [4.69, 9.17) is 32.7 Å². The predicted octanol–water partition coefficient (Wildman–Crippen LogP) is 5.88. The summed E-state index contributed by atoms with van der Waals surface area (Å²) in [5.74, 6) is 0.708. The predicted molar refractivity (Wildman–Crippen MR) is 134 cm³/mol. The molecule has 180 valence electrons. The van der Waals surface area contributed by atoms with Crippen molar-refractivity contribution in [3.05, 3.63) is 76.8 Å². The summed E-state index contributed by atoms with van der Waals surface area (Å²) in [4.78, 5) is 12.5. The lowest BCUT2D eigenvalue weighted by molar-refractivity contribution is -0.118. The number of benzene rings is 3. The Bertz CT molecular complexity index is 1240. The first kappa shape index (κ1) is 25.8. The fourth-order valence-electron chi connectivity index (χ4n) is 2.87. The monoisotopic (exact) mass is 522 g/mol. The quantitative estimate of drug-likeness (QED) is 0.306. The van der Waals surface area contributed by atoms with E-state index in [2.05, 4.69) is 10.0 Å². The fourth-order valence-corrected chi connectivity index (χ4v) is 4.44. The second-order valence-electron chi connectivity index (χ2n) is 7.24. The molecule has 1 amide bonds. The lowest BCUT2D eigenvalue weighted by Gasteiger charge is -2.14. The van der Waals surface area contributed by atoms with Crippen molar-refractivity contribution in [3.63, 3.8) is 0 Å². The molecule has 0 saturated heterocycles. The molecule has 0 aliphatic rings. The molecular formula is C24H24Cl2N2O5S. The van der Waals surface area contributed by atoms with Crippen LogP contribution in [0.3, 0.4) is 0 Å². The van der Waals surface area contributed by atoms with Crippen LogP contribution in [-0.2, 0) is 14.8 Å². The van der Waals surface area contributed by atoms with Gasteiger partial charge in [0.2, 0.25) is 10.0 Å². The Morgan fingerprint density at radius 3 is 2.41 bits per heavy atom. The average molecular weight is 523 g/mol. The molecule has 3 aromatic rings. The standard InChI is InChI=1S/C24H24Cl2N2O5S/c1-2-3-13-27-34(30,31)19-10-12-22(20(26)15-19)32-16-24(29)28-21-14-17(25)9-11-23(21)33-18-7-5-4-6-8-18/h4-12,14-15,27H,2-3,13,16H2,1H3,(H,28,29). The van der Waals surface area contributed by atoms with Gasteiger partial charge in [0, 0.05) is 11.6 Å². The summed E-state index contributed by atoms with van der Waals surface area (Å²) in [6.45, 7) is 1.95. The molecule has 0 fully saturated rings. The maximum absolute atomic E-state index is 12.5. The number of unbranched alkanes of at least 4 members (excludes halogenated alkanes) is 1. The van der Waals surface area contributed by atoms with E-state index in [0.29, 0.717) is 28.8 Å². The highest BCUT2D eigenvalue weighted by Gasteiger charge is 2.17. The van der Waals surface area contributed by atoms with Gasteiger partial charge in [0.05, 0.1) is 15.6 Å². The topological polar surface area (TPSA) is 93.7 Å². The van der Waals surface area contributed by atoms with Gasteiger partial charge in [0.1, 0.15) is 11.5 Å². The third-order valence-corrected chi connectivity index (χ3v) is 6.57. The van der Waals surface area contributed by atoms with Crippen LogP contribution in [-0.4, -0.2) is 27.5 Å². The Kier molecular flexibility index (Phi) is 9.18. The number of hydrogen-bond donors (Lipinski definition) is 2. The maximum Gasteiger partial charge on any atom is 0.262 e. The van der Waals surface area contributed by atoms with Crippen LogP contribution in [0.4, 0.5) is 5.69 Å². The van der Waals surface area contributed by atoms with E-state index in [1.807, 2.05) is 25.1 Å². The first-order chi connectivity index (χ1) is 16.3. The van der Waals surface area contributed by atoms with Gasteiger partial charge >= 0.3 is 0 Å². The smallest absolute Gasteiger partial charge is 0.262 e. The minimum atomic E-state index is -3.67. The Morgan fingerprint density at radius 1 is 0.971 bits per heavy atom. The van der Waals surface area contributed by atoms with Gasteiger partial charge < -0.3 is 14.8 Å². The van der Waals surface area contributed by atoms with Crippen LogP contribution in [0.2, 0.25) is 10.0 Å². The number of rotatable bonds is 11. The summed E-state index contributed by atoms with van der Waals surface area (Å²) in [5, 5.41) is 3.19. The van der Waals surface area contributed by atoms with Gasteiger partial charge in [-0.15, -0.1) is 0 Å². The van der Waals surface area contributed by atoms with Crippen molar-refractivity contribution in [1.29, 1.82) is 0 Å². The molecule has 0 aromatic heterocycles. The summed E-state index contributed by atoms with van der Waals surface area (Å²) >= 11 is 12.3. The van der Waals surface area contributed by atoms with Crippen molar-refractivity contribution >= 4 is 44.8 Å². The maximum atomic E-state index is 12.5. The van der Waals surface area contributed by atoms with Crippen LogP contribution in [0, 0.1) is 0 Å². The SMILES string of the molecule is CCCCNS(=O)(=O)c1ccc(OCC(=O)Nc2cc(Cl)ccc2Oc2ccccc2)c(Cl)c1. The normalized spacial score (nSPS) is 11.1. The second kappa shape index (κ2) is 12.1. The molecule has 0 heterocycles. The van der Waals surface area contributed by atoms with E-state index in [0.717, 1.165) is 12.8 Å². The molecule has 0 aliphatic carbocycles. The number of hydrogen-bond acceptors (Lipinski definition) is 5. The van der Waals surface area contributed by atoms with Crippen LogP contribution in [0.1, 0.15) is 19.8 Å². The van der Waals surface area contributed by atoms with Crippen LogP contribution in [0.15, 0.2) is 71.6 Å². The first-order valence-electron chi connectivity index (χ1n) is 10.5. The van der Waals surface area contributed by atoms with Gasteiger partial charge in [-0.05, 0) is 55.0 Å². The molecule has 2 N–H and O–H groups in total. The molecule has 10 heteroatoms. The number of para-hydroxylation sites is 1. The van der Waals surface area contributed by atoms with Crippen molar-refractivity contribution < 1.29 is 22.7 Å². The highest BCUT2D eigenvalue weighted by Crippen LogP contribution is 2.32. The van der Waals surface area contributed by atoms with Gasteiger partial charge in [0.25, 0.3) is 5.91 Å². The lowest BCUT2D eigenvalue weighted by Crippen LogP contribution is -2.24. The van der Waals surface area contributed by atoms with Gasteiger partial charge in [-0.1, -0.05) is 54.7 Å². The molecule has 0 spiro atoms. The molecule has 0 unspecified atom stereocenters. The molecule has 3 rings (SSSR count). The number of amides is 1. The average Bonchev–Trinajstić information content (AvgIpc) is 2.81. The Hall–Kier alpha value is -2.78. The molecule has 34 heavy (non-hydrogen) atoms. The van der Waals surface area contributed by atoms with Gasteiger partial charge in [-0.3, -0.25) is 4.79 Å². The van der Waals surface area contributed by atoms with Crippen molar-refractivity contribution in [2.75, 3.05) is 18.5 Å². The Balaban J connectivity index is 1.64. The van der Waals surface area contributed by atoms with Gasteiger partial charge in [-0.25, -0.2) is 13.1 Å². The number of halogens is 2. The molecule has 7 nitrogen and oxygen atoms in total. The van der Waals surface area contributed by atoms with Gasteiger partial charge in [0.15, 0.2) is 12.4 Å². The fraction of sp³-hybridized carbons (Fsp3) is 0.208. The highest BCUT2D eigenvalue weighted by atomic mass is 35.5. The molecule has 0 bridgehead atoms. The number of ether oxygens (including phenoxy) is 2. The Morgan fingerprint density at radius 2 is 1.71 bits per heavy atom. The zero-order valence-electron chi connectivity index (χ0n) is 18.4. The summed E-state index contributed by atoms with van der Waals surface area (Å²) in [6.07, 6.45) is 1.60. The van der Waals surface area contributed by atoms with E-state index >= 15 is 0 Å². The van der Waals surface area contributed by atoms with Gasteiger partial charge in [-0.2, -0.15) is 0 Å². The van der Waals surface area contributed by atoms with E-state index in [9.17, 15) is 13.2 Å². The summed E-state index contributed by atoms with van der Waals surface area (Å²) < 4.78 is 38.5. The molecule has 0 radical (unpaired) electrons. The van der Waals surface area contributed by atoms with Crippen molar-refractivity contribution in [3.8, 4) is 17.2 Å². The first-order valence-corrected chi connectivity index (χ1v) is 12.8. The molecule has 0 saturated carbocycles. The number of anilines is 1. The third kappa shape index (κ3) is 7.36. The largest absolute Gasteiger partial charge is 0.482 e. The van der Waals surface area contributed by atoms with Crippen molar-refractivity contribution in [2.45, 2.75) is 24.7 Å². The van der Waals surface area contributed by atoms with E-state index in [-0.39, 0.29) is 22.3 Å². The van der Waals surface area contributed by atoms with E-state index in [1.54, 1.807) is 30.3 Å². The van der Waals surface area contributed by atoms with Crippen LogP contribution >= 0.6 is 23.2 Å². The number of carbonyl (C=O) groups excluding carboxylic acids is 1. The van der Waals surface area contributed by atoms with E-state index < -0.39 is 15.9 Å². The summed E-state index contributed by atoms with van der Waals surface area (Å²) in [6, 6.07) is 18.0. The highest BCUT2D eigenvalue weighted by molar-refractivity contribution is 7.89. The number of carbonyl (C=O) groups is 1. The molecule has 0 aliphatic heterocycles. The second-order valence-corrected chi connectivity index (χ2v) is 9.85. The van der Waals surface area contributed by atoms with Crippen LogP contribution in [0.5, 0.6) is 17.2 Å². The summed E-state index contributed by atoms with van der Waals surface area (Å²) in [5.41, 5.74) is 0.371. The van der Waals surface area contributed by atoms with Crippen molar-refractivity contribution in [2.24, 2.45) is 0 Å². The summed E-state index contributed by atoms with van der Waals surface area (Å²) in [7, 11) is -3.67. The van der Waals surface area contributed by atoms with Crippen molar-refractivity contribution in [1.82, 2.24) is 4.72 Å². The lowest BCUT2D eigenvalue weighted by atomic mass is 10.2. The minimum absolute atomic E-state index is 0.0204. The molecule has 3 aromatic carbocycles. The third-order valence-electron chi connectivity index (χ3n) is 4.58. The molecule has 0 atom stereocenters. The number of nitrogens with one attached hydrogen (secondary N) is 2. The zero-order valence-corrected chi connectivity index (χ0v) is 20.7. The van der Waals surface area contributed by atoms with E-state index in [1.165, 1.54) is 18.2 Å². The number of sulfonamides is 1. The minimum Gasteiger partial charge on any atom is -0.482 e. The van der Waals surface area contributed by atoms with Crippen LogP contribution in [0.25, 0.3) is 0 Å².